The number of guanidine groups is 1. The summed E-state index contributed by atoms with van der Waals surface area (Å²) in [4.78, 5) is 6.61. The third kappa shape index (κ3) is 2.57. The topological polar surface area (TPSA) is 41.6 Å². The molecule has 1 unspecified atom stereocenters. The summed E-state index contributed by atoms with van der Waals surface area (Å²) in [7, 11) is 0. The van der Waals surface area contributed by atoms with Gasteiger partial charge in [-0.2, -0.15) is 0 Å². The molecule has 3 heteroatoms. The summed E-state index contributed by atoms with van der Waals surface area (Å²) in [5.41, 5.74) is 11.4. The number of rotatable bonds is 1. The maximum absolute atomic E-state index is 6.08. The standard InChI is InChI=1S/C16H19N3.C2H2/c1-3-6-12-9-13-7-4-5-8-14(13)15-10-18-16(17)19(15)11(12)2;1-2/h3-8,15H,9-10H2,1-2H3,(H2,17,18);1-2H/b6-3-;. The third-order valence-electron chi connectivity index (χ3n) is 3.97. The van der Waals surface area contributed by atoms with Crippen molar-refractivity contribution >= 4 is 5.96 Å². The monoisotopic (exact) mass is 279 g/mol. The van der Waals surface area contributed by atoms with Crippen LogP contribution in [0.25, 0.3) is 0 Å². The first-order valence-electron chi connectivity index (χ1n) is 7.05. The van der Waals surface area contributed by atoms with E-state index >= 15 is 0 Å². The van der Waals surface area contributed by atoms with Gasteiger partial charge in [0.15, 0.2) is 5.96 Å². The molecule has 0 aliphatic carbocycles. The fourth-order valence-electron chi connectivity index (χ4n) is 3.03. The average Bonchev–Trinajstić information content (AvgIpc) is 2.85. The van der Waals surface area contributed by atoms with Gasteiger partial charge in [0, 0.05) is 5.70 Å². The molecule has 108 valence electrons. The fourth-order valence-corrected chi connectivity index (χ4v) is 3.03. The van der Waals surface area contributed by atoms with Gasteiger partial charge in [0.1, 0.15) is 0 Å². The Bertz CT molecular complexity index is 635. The SMILES string of the molecule is C#C.C/C=C\C1=C(C)N2C(N)=NCC2c2ccccc2C1. The second-order valence-electron chi connectivity index (χ2n) is 5.07. The van der Waals surface area contributed by atoms with Gasteiger partial charge in [0.2, 0.25) is 0 Å². The van der Waals surface area contributed by atoms with Crippen LogP contribution in [0.1, 0.15) is 31.0 Å². The molecular formula is C18H21N3. The van der Waals surface area contributed by atoms with E-state index in [0.29, 0.717) is 5.96 Å². The van der Waals surface area contributed by atoms with Crippen molar-refractivity contribution in [3.8, 4) is 12.8 Å². The molecule has 3 nitrogen and oxygen atoms in total. The highest BCUT2D eigenvalue weighted by molar-refractivity contribution is 5.83. The zero-order valence-electron chi connectivity index (χ0n) is 12.6. The van der Waals surface area contributed by atoms with Crippen molar-refractivity contribution in [3.05, 3.63) is 58.8 Å². The van der Waals surface area contributed by atoms with E-state index in [-0.39, 0.29) is 6.04 Å². The van der Waals surface area contributed by atoms with Gasteiger partial charge in [-0.05, 0) is 37.0 Å². The molecule has 0 saturated heterocycles. The van der Waals surface area contributed by atoms with Crippen LogP contribution in [0.4, 0.5) is 0 Å². The largest absolute Gasteiger partial charge is 0.370 e. The highest BCUT2D eigenvalue weighted by atomic mass is 15.3. The quantitative estimate of drug-likeness (QED) is 0.803. The first kappa shape index (κ1) is 14.9. The number of hydrogen-bond acceptors (Lipinski definition) is 3. The lowest BCUT2D eigenvalue weighted by atomic mass is 9.97. The number of hydrogen-bond donors (Lipinski definition) is 1. The van der Waals surface area contributed by atoms with Gasteiger partial charge in [-0.15, -0.1) is 12.8 Å². The number of fused-ring (bicyclic) bond motifs is 3. The molecule has 1 aromatic carbocycles. The van der Waals surface area contributed by atoms with Gasteiger partial charge in [0.25, 0.3) is 0 Å². The van der Waals surface area contributed by atoms with Crippen LogP contribution in [0.3, 0.4) is 0 Å². The molecular weight excluding hydrogens is 258 g/mol. The van der Waals surface area contributed by atoms with Crippen LogP contribution < -0.4 is 5.73 Å². The number of nitrogens with two attached hydrogens (primary N) is 1. The Morgan fingerprint density at radius 2 is 2.05 bits per heavy atom. The smallest absolute Gasteiger partial charge is 0.196 e. The molecule has 21 heavy (non-hydrogen) atoms. The van der Waals surface area contributed by atoms with Crippen LogP contribution in [0.5, 0.6) is 0 Å². The molecule has 1 atom stereocenters. The van der Waals surface area contributed by atoms with Crippen LogP contribution in [-0.4, -0.2) is 17.4 Å². The normalized spacial score (nSPS) is 20.3. The maximum atomic E-state index is 6.08. The van der Waals surface area contributed by atoms with E-state index in [1.807, 2.05) is 0 Å². The third-order valence-corrected chi connectivity index (χ3v) is 3.97. The summed E-state index contributed by atoms with van der Waals surface area (Å²) >= 11 is 0. The van der Waals surface area contributed by atoms with E-state index in [2.05, 4.69) is 73.0 Å². The minimum atomic E-state index is 0.263. The minimum absolute atomic E-state index is 0.263. The zero-order valence-corrected chi connectivity index (χ0v) is 12.6. The Balaban J connectivity index is 0.000000774. The van der Waals surface area contributed by atoms with E-state index in [4.69, 9.17) is 5.73 Å². The summed E-state index contributed by atoms with van der Waals surface area (Å²) < 4.78 is 0. The van der Waals surface area contributed by atoms with Crippen LogP contribution in [0, 0.1) is 12.8 Å². The van der Waals surface area contributed by atoms with Crippen LogP contribution >= 0.6 is 0 Å². The molecule has 2 aliphatic rings. The van der Waals surface area contributed by atoms with Gasteiger partial charge in [-0.3, -0.25) is 4.99 Å². The van der Waals surface area contributed by atoms with Crippen molar-refractivity contribution in [2.24, 2.45) is 10.7 Å². The molecule has 2 aliphatic heterocycles. The highest BCUT2D eigenvalue weighted by Gasteiger charge is 2.33. The molecule has 0 fully saturated rings. The summed E-state index contributed by atoms with van der Waals surface area (Å²) in [6.07, 6.45) is 13.2. The number of nitrogens with zero attached hydrogens (tertiary/aromatic N) is 2. The van der Waals surface area contributed by atoms with Crippen LogP contribution in [0.2, 0.25) is 0 Å². The number of aliphatic imine (C=N–C) groups is 1. The lowest BCUT2D eigenvalue weighted by Gasteiger charge is -2.27. The highest BCUT2D eigenvalue weighted by Crippen LogP contribution is 2.36. The molecule has 0 spiro atoms. The minimum Gasteiger partial charge on any atom is -0.370 e. The number of benzene rings is 1. The Morgan fingerprint density at radius 1 is 1.33 bits per heavy atom. The van der Waals surface area contributed by atoms with Crippen LogP contribution in [0.15, 0.2) is 52.7 Å². The van der Waals surface area contributed by atoms with Gasteiger partial charge in [-0.1, -0.05) is 36.4 Å². The molecule has 2 N–H and O–H groups in total. The average molecular weight is 279 g/mol. The molecule has 2 heterocycles. The maximum Gasteiger partial charge on any atom is 0.196 e. The van der Waals surface area contributed by atoms with E-state index in [1.54, 1.807) is 0 Å². The van der Waals surface area contributed by atoms with Crippen molar-refractivity contribution in [1.29, 1.82) is 0 Å². The lowest BCUT2D eigenvalue weighted by molar-refractivity contribution is 0.423. The van der Waals surface area contributed by atoms with Crippen molar-refractivity contribution in [2.75, 3.05) is 6.54 Å². The fraction of sp³-hybridized carbons (Fsp3) is 0.278. The molecule has 0 aromatic heterocycles. The van der Waals surface area contributed by atoms with E-state index in [0.717, 1.165) is 13.0 Å². The molecule has 0 amide bonds. The summed E-state index contributed by atoms with van der Waals surface area (Å²) in [6, 6.07) is 8.88. The molecule has 1 aromatic rings. The Kier molecular flexibility index (Phi) is 4.49. The van der Waals surface area contributed by atoms with E-state index in [1.165, 1.54) is 22.4 Å². The molecule has 3 rings (SSSR count). The second-order valence-corrected chi connectivity index (χ2v) is 5.07. The van der Waals surface area contributed by atoms with E-state index in [9.17, 15) is 0 Å². The van der Waals surface area contributed by atoms with Crippen molar-refractivity contribution < 1.29 is 0 Å². The molecule has 0 bridgehead atoms. The van der Waals surface area contributed by atoms with Crippen molar-refractivity contribution in [3.63, 3.8) is 0 Å². The van der Waals surface area contributed by atoms with Gasteiger partial charge >= 0.3 is 0 Å². The van der Waals surface area contributed by atoms with Crippen LogP contribution in [-0.2, 0) is 6.42 Å². The molecule has 0 saturated carbocycles. The Morgan fingerprint density at radius 3 is 2.76 bits per heavy atom. The zero-order chi connectivity index (χ0) is 15.4. The summed E-state index contributed by atoms with van der Waals surface area (Å²) in [6.45, 7) is 4.95. The summed E-state index contributed by atoms with van der Waals surface area (Å²) in [5.74, 6) is 0.640. The lowest BCUT2D eigenvalue weighted by Crippen LogP contribution is -2.34. The summed E-state index contributed by atoms with van der Waals surface area (Å²) in [5, 5.41) is 0. The van der Waals surface area contributed by atoms with Crippen molar-refractivity contribution in [1.82, 2.24) is 4.90 Å². The van der Waals surface area contributed by atoms with Gasteiger partial charge in [0.05, 0.1) is 12.6 Å². The Hall–Kier alpha value is -2.47. The predicted octanol–water partition coefficient (Wildman–Crippen LogP) is 3.01. The predicted molar refractivity (Wildman–Crippen MR) is 88.6 cm³/mol. The number of terminal acetylenes is 1. The van der Waals surface area contributed by atoms with E-state index < -0.39 is 0 Å². The first-order chi connectivity index (χ1) is 10.2. The van der Waals surface area contributed by atoms with Crippen molar-refractivity contribution in [2.45, 2.75) is 26.3 Å². The number of allylic oxidation sites excluding steroid dienone is 4. The Labute approximate surface area is 126 Å². The molecule has 0 radical (unpaired) electrons. The van der Waals surface area contributed by atoms with Gasteiger partial charge < -0.3 is 10.6 Å². The van der Waals surface area contributed by atoms with Gasteiger partial charge in [-0.25, -0.2) is 0 Å². The second kappa shape index (κ2) is 6.32. The first-order valence-corrected chi connectivity index (χ1v) is 7.05.